The zero-order chi connectivity index (χ0) is 21.4. The van der Waals surface area contributed by atoms with Crippen LogP contribution in [0, 0.1) is 0 Å². The summed E-state index contributed by atoms with van der Waals surface area (Å²) in [6.45, 7) is 10.9. The Morgan fingerprint density at radius 2 is 1.55 bits per heavy atom. The van der Waals surface area contributed by atoms with Crippen molar-refractivity contribution in [1.82, 2.24) is 10.2 Å². The fourth-order valence-electron chi connectivity index (χ4n) is 3.18. The second-order valence-corrected chi connectivity index (χ2v) is 7.76. The summed E-state index contributed by atoms with van der Waals surface area (Å²) >= 11 is 6.03. The van der Waals surface area contributed by atoms with E-state index in [2.05, 4.69) is 24.1 Å². The Labute approximate surface area is 178 Å². The summed E-state index contributed by atoms with van der Waals surface area (Å²) in [4.78, 5) is 30.2. The van der Waals surface area contributed by atoms with E-state index in [4.69, 9.17) is 11.6 Å². The number of carbonyl (C=O) groups is 2. The number of anilines is 1. The molecule has 0 spiro atoms. The highest BCUT2D eigenvalue weighted by Gasteiger charge is 2.39. The van der Waals surface area contributed by atoms with Gasteiger partial charge in [-0.2, -0.15) is 0 Å². The zero-order valence-corrected chi connectivity index (χ0v) is 18.4. The molecule has 0 aromatic heterocycles. The molecule has 2 amide bonds. The predicted molar refractivity (Wildman–Crippen MR) is 120 cm³/mol. The lowest BCUT2D eigenvalue weighted by molar-refractivity contribution is -0.125. The molecule has 0 fully saturated rings. The Hall–Kier alpha value is -2.37. The maximum atomic E-state index is 13.4. The monoisotopic (exact) mass is 415 g/mol. The van der Waals surface area contributed by atoms with Gasteiger partial charge in [-0.05, 0) is 63.3 Å². The van der Waals surface area contributed by atoms with E-state index in [0.29, 0.717) is 22.8 Å². The molecular weight excluding hydrogens is 386 g/mol. The van der Waals surface area contributed by atoms with Crippen LogP contribution in [0.4, 0.5) is 5.69 Å². The summed E-state index contributed by atoms with van der Waals surface area (Å²) in [6, 6.07) is 15.9. The van der Waals surface area contributed by atoms with Gasteiger partial charge in [-0.1, -0.05) is 43.6 Å². The van der Waals surface area contributed by atoms with E-state index in [9.17, 15) is 9.59 Å². The summed E-state index contributed by atoms with van der Waals surface area (Å²) in [6.07, 6.45) is 0. The van der Waals surface area contributed by atoms with Crippen LogP contribution >= 0.6 is 11.6 Å². The summed E-state index contributed by atoms with van der Waals surface area (Å²) in [5.74, 6) is -0.444. The normalized spacial score (nSPS) is 11.4. The van der Waals surface area contributed by atoms with Crippen LogP contribution in [0.2, 0.25) is 5.02 Å². The molecule has 0 bridgehead atoms. The Bertz CT molecular complexity index is 803. The lowest BCUT2D eigenvalue weighted by Crippen LogP contribution is -2.58. The highest BCUT2D eigenvalue weighted by molar-refractivity contribution is 6.30. The largest absolute Gasteiger partial charge is 0.353 e. The molecule has 5 nitrogen and oxygen atoms in total. The first kappa shape index (κ1) is 22.9. The van der Waals surface area contributed by atoms with Crippen LogP contribution in [-0.4, -0.2) is 48.4 Å². The Morgan fingerprint density at radius 1 is 0.966 bits per heavy atom. The fourth-order valence-corrected chi connectivity index (χ4v) is 3.31. The quantitative estimate of drug-likeness (QED) is 0.667. The second-order valence-electron chi connectivity index (χ2n) is 7.32. The van der Waals surface area contributed by atoms with Gasteiger partial charge in [0, 0.05) is 29.4 Å². The van der Waals surface area contributed by atoms with Gasteiger partial charge in [0.2, 0.25) is 5.91 Å². The van der Waals surface area contributed by atoms with Gasteiger partial charge in [0.05, 0.1) is 0 Å². The molecule has 0 saturated carbocycles. The number of likely N-dealkylation sites (N-methyl/N-ethyl adjacent to an activating group) is 1. The minimum atomic E-state index is -1.09. The molecule has 0 atom stereocenters. The minimum absolute atomic E-state index is 0.205. The van der Waals surface area contributed by atoms with Crippen LogP contribution in [0.1, 0.15) is 38.1 Å². The van der Waals surface area contributed by atoms with Crippen LogP contribution in [0.5, 0.6) is 0 Å². The summed E-state index contributed by atoms with van der Waals surface area (Å²) in [5.41, 5.74) is 0.0444. The molecule has 29 heavy (non-hydrogen) atoms. The van der Waals surface area contributed by atoms with Crippen LogP contribution in [0.25, 0.3) is 0 Å². The van der Waals surface area contributed by atoms with Gasteiger partial charge >= 0.3 is 0 Å². The van der Waals surface area contributed by atoms with Gasteiger partial charge in [0.15, 0.2) is 0 Å². The first-order valence-electron chi connectivity index (χ1n) is 9.97. The van der Waals surface area contributed by atoms with Gasteiger partial charge in [0.1, 0.15) is 5.54 Å². The predicted octanol–water partition coefficient (Wildman–Crippen LogP) is 4.22. The van der Waals surface area contributed by atoms with Crippen molar-refractivity contribution in [2.75, 3.05) is 31.1 Å². The third-order valence-electron chi connectivity index (χ3n) is 5.03. The van der Waals surface area contributed by atoms with Gasteiger partial charge in [-0.15, -0.1) is 0 Å². The molecule has 2 aromatic rings. The van der Waals surface area contributed by atoms with E-state index >= 15 is 0 Å². The Morgan fingerprint density at radius 3 is 2.10 bits per heavy atom. The molecule has 0 unspecified atom stereocenters. The molecule has 0 saturated heterocycles. The molecular formula is C23H30ClN3O2. The zero-order valence-electron chi connectivity index (χ0n) is 17.6. The van der Waals surface area contributed by atoms with Crippen molar-refractivity contribution in [3.05, 3.63) is 65.2 Å². The van der Waals surface area contributed by atoms with E-state index in [-0.39, 0.29) is 11.8 Å². The molecule has 156 valence electrons. The maximum absolute atomic E-state index is 13.4. The molecule has 6 heteroatoms. The lowest BCUT2D eigenvalue weighted by atomic mass is 9.98. The first-order valence-corrected chi connectivity index (χ1v) is 10.3. The van der Waals surface area contributed by atoms with Crippen LogP contribution in [0.3, 0.4) is 0 Å². The summed E-state index contributed by atoms with van der Waals surface area (Å²) in [7, 11) is 0. The second kappa shape index (κ2) is 10.4. The lowest BCUT2D eigenvalue weighted by Gasteiger charge is -2.37. The van der Waals surface area contributed by atoms with E-state index in [1.165, 1.54) is 4.90 Å². The molecule has 0 heterocycles. The number of nitrogens with zero attached hydrogens (tertiary/aromatic N) is 2. The first-order chi connectivity index (χ1) is 13.8. The van der Waals surface area contributed by atoms with Crippen LogP contribution < -0.4 is 10.2 Å². The maximum Gasteiger partial charge on any atom is 0.259 e. The SMILES string of the molecule is CCN(CC)CCNC(=O)C(C)(C)N(C(=O)c1ccccc1)c1ccc(Cl)cc1. The molecule has 1 N–H and O–H groups in total. The topological polar surface area (TPSA) is 52.7 Å². The fraction of sp³-hybridized carbons (Fsp3) is 0.391. The summed E-state index contributed by atoms with van der Waals surface area (Å²) < 4.78 is 0. The van der Waals surface area contributed by atoms with Gasteiger partial charge in [0.25, 0.3) is 5.91 Å². The molecule has 0 aliphatic rings. The van der Waals surface area contributed by atoms with Gasteiger partial charge in [-0.25, -0.2) is 0 Å². The molecule has 2 aromatic carbocycles. The number of carbonyl (C=O) groups excluding carboxylic acids is 2. The number of hydrogen-bond acceptors (Lipinski definition) is 3. The number of nitrogens with one attached hydrogen (secondary N) is 1. The molecule has 0 aliphatic carbocycles. The van der Waals surface area contributed by atoms with E-state index in [1.807, 2.05) is 18.2 Å². The molecule has 2 rings (SSSR count). The number of benzene rings is 2. The van der Waals surface area contributed by atoms with E-state index < -0.39 is 5.54 Å². The van der Waals surface area contributed by atoms with Crippen molar-refractivity contribution >= 4 is 29.1 Å². The number of rotatable bonds is 9. The third kappa shape index (κ3) is 5.81. The van der Waals surface area contributed by atoms with Crippen molar-refractivity contribution in [3.8, 4) is 0 Å². The molecule has 0 radical (unpaired) electrons. The van der Waals surface area contributed by atoms with Gasteiger partial charge in [-0.3, -0.25) is 14.5 Å². The van der Waals surface area contributed by atoms with Crippen LogP contribution in [-0.2, 0) is 4.79 Å². The number of amides is 2. The average molecular weight is 416 g/mol. The van der Waals surface area contributed by atoms with E-state index in [0.717, 1.165) is 19.6 Å². The Kier molecular flexibility index (Phi) is 8.23. The summed E-state index contributed by atoms with van der Waals surface area (Å²) in [5, 5.41) is 3.56. The van der Waals surface area contributed by atoms with Crippen molar-refractivity contribution in [3.63, 3.8) is 0 Å². The third-order valence-corrected chi connectivity index (χ3v) is 5.28. The number of hydrogen-bond donors (Lipinski definition) is 1. The standard InChI is InChI=1S/C23H30ClN3O2/c1-5-26(6-2)17-16-25-22(29)23(3,4)27(20-14-12-19(24)13-15-20)21(28)18-10-8-7-9-11-18/h7-15H,5-6,16-17H2,1-4H3,(H,25,29). The van der Waals surface area contributed by atoms with Crippen molar-refractivity contribution in [2.45, 2.75) is 33.2 Å². The minimum Gasteiger partial charge on any atom is -0.353 e. The van der Waals surface area contributed by atoms with Gasteiger partial charge < -0.3 is 10.2 Å². The highest BCUT2D eigenvalue weighted by Crippen LogP contribution is 2.28. The highest BCUT2D eigenvalue weighted by atomic mass is 35.5. The van der Waals surface area contributed by atoms with Crippen LogP contribution in [0.15, 0.2) is 54.6 Å². The van der Waals surface area contributed by atoms with E-state index in [1.54, 1.807) is 50.2 Å². The Balaban J connectivity index is 2.29. The number of halogens is 1. The average Bonchev–Trinajstić information content (AvgIpc) is 2.73. The van der Waals surface area contributed by atoms with Crippen molar-refractivity contribution in [2.24, 2.45) is 0 Å². The smallest absolute Gasteiger partial charge is 0.259 e. The molecule has 0 aliphatic heterocycles. The van der Waals surface area contributed by atoms with Crippen molar-refractivity contribution < 1.29 is 9.59 Å². The van der Waals surface area contributed by atoms with Crippen molar-refractivity contribution in [1.29, 1.82) is 0 Å².